The van der Waals surface area contributed by atoms with Gasteiger partial charge in [-0.2, -0.15) is 0 Å². The lowest BCUT2D eigenvalue weighted by Crippen LogP contribution is -2.66. The molecule has 3 heterocycles. The second-order valence-corrected chi connectivity index (χ2v) is 17.4. The van der Waals surface area contributed by atoms with Gasteiger partial charge >= 0.3 is 0 Å². The summed E-state index contributed by atoms with van der Waals surface area (Å²) >= 11 is 8.08. The number of thiazole rings is 1. The Bertz CT molecular complexity index is 1440. The highest BCUT2D eigenvalue weighted by Crippen LogP contribution is 2.41. The van der Waals surface area contributed by atoms with Crippen LogP contribution in [0.2, 0.25) is 10.1 Å². The first-order valence-electron chi connectivity index (χ1n) is 14.1. The van der Waals surface area contributed by atoms with E-state index in [4.69, 9.17) is 25.7 Å². The number of hydrogen-bond donors (Lipinski definition) is 1. The third kappa shape index (κ3) is 5.91. The molecule has 1 aliphatic rings. The maximum absolute atomic E-state index is 16.0. The highest BCUT2D eigenvalue weighted by atomic mass is 35.5. The summed E-state index contributed by atoms with van der Waals surface area (Å²) in [5.41, 5.74) is 2.42. The molecule has 1 saturated heterocycles. The van der Waals surface area contributed by atoms with Crippen molar-refractivity contribution in [2.45, 2.75) is 64.6 Å². The molecule has 4 aromatic rings. The third-order valence-corrected chi connectivity index (χ3v) is 13.9. The molecule has 1 aliphatic heterocycles. The fourth-order valence-electron chi connectivity index (χ4n) is 5.99. The van der Waals surface area contributed by atoms with Gasteiger partial charge in [0.25, 0.3) is 8.32 Å². The summed E-state index contributed by atoms with van der Waals surface area (Å²) < 4.78 is 29.1. The topological polar surface area (TPSA) is 67.7 Å². The smallest absolute Gasteiger partial charge is 0.261 e. The number of aliphatic hydroxyl groups excluding tert-OH is 1. The fraction of sp³-hybridized carbons (Fsp3) is 0.375. The van der Waals surface area contributed by atoms with Crippen LogP contribution < -0.4 is 15.3 Å². The lowest BCUT2D eigenvalue weighted by molar-refractivity contribution is -0.00536. The van der Waals surface area contributed by atoms with Gasteiger partial charge in [0.2, 0.25) is 0 Å². The quantitative estimate of drug-likeness (QED) is 0.239. The normalized spacial score (nSPS) is 18.7. The van der Waals surface area contributed by atoms with Crippen molar-refractivity contribution in [2.75, 3.05) is 18.0 Å². The van der Waals surface area contributed by atoms with Gasteiger partial charge in [-0.3, -0.25) is 4.98 Å². The van der Waals surface area contributed by atoms with E-state index in [1.165, 1.54) is 17.5 Å². The number of pyridine rings is 1. The van der Waals surface area contributed by atoms with Crippen molar-refractivity contribution in [2.24, 2.45) is 0 Å². The first kappa shape index (κ1) is 30.8. The van der Waals surface area contributed by atoms with Crippen molar-refractivity contribution in [3.63, 3.8) is 0 Å². The molecule has 42 heavy (non-hydrogen) atoms. The van der Waals surface area contributed by atoms with Crippen molar-refractivity contribution in [1.82, 2.24) is 9.97 Å². The van der Waals surface area contributed by atoms with Gasteiger partial charge in [0.15, 0.2) is 5.82 Å². The molecular formula is C32H37ClFN3O3SSi. The molecule has 2 aromatic carbocycles. The Kier molecular flexibility index (Phi) is 9.18. The Balaban J connectivity index is 1.67. The van der Waals surface area contributed by atoms with Crippen LogP contribution in [0.15, 0.2) is 72.4 Å². The summed E-state index contributed by atoms with van der Waals surface area (Å²) in [7, 11) is -2.95. The number of benzene rings is 2. The third-order valence-electron chi connectivity index (χ3n) is 7.71. The molecule has 1 unspecified atom stereocenters. The lowest BCUT2D eigenvalue weighted by atomic mass is 10.1. The van der Waals surface area contributed by atoms with E-state index in [9.17, 15) is 5.11 Å². The highest BCUT2D eigenvalue weighted by molar-refractivity contribution is 7.09. The second-order valence-electron chi connectivity index (χ2n) is 11.8. The minimum atomic E-state index is -2.95. The number of hydrogen-bond acceptors (Lipinski definition) is 7. The summed E-state index contributed by atoms with van der Waals surface area (Å²) in [4.78, 5) is 11.3. The van der Waals surface area contributed by atoms with Gasteiger partial charge in [-0.05, 0) is 29.3 Å². The summed E-state index contributed by atoms with van der Waals surface area (Å²) in [6.45, 7) is 11.7. The number of halogens is 2. The molecule has 222 valence electrons. The van der Waals surface area contributed by atoms with E-state index in [1.807, 2.05) is 55.1 Å². The fourth-order valence-corrected chi connectivity index (χ4v) is 11.4. The van der Waals surface area contributed by atoms with Gasteiger partial charge in [0.05, 0.1) is 40.6 Å². The lowest BCUT2D eigenvalue weighted by Gasteiger charge is -2.43. The zero-order valence-corrected chi connectivity index (χ0v) is 27.1. The molecule has 0 saturated carbocycles. The zero-order valence-electron chi connectivity index (χ0n) is 24.6. The predicted molar refractivity (Wildman–Crippen MR) is 170 cm³/mol. The van der Waals surface area contributed by atoms with E-state index in [2.05, 4.69) is 50.0 Å². The number of ether oxygens (including phenoxy) is 1. The van der Waals surface area contributed by atoms with Crippen LogP contribution in [-0.4, -0.2) is 48.7 Å². The largest absolute Gasteiger partial charge is 0.401 e. The van der Waals surface area contributed by atoms with E-state index in [-0.39, 0.29) is 34.6 Å². The molecule has 10 heteroatoms. The van der Waals surface area contributed by atoms with Crippen LogP contribution in [0.25, 0.3) is 0 Å². The highest BCUT2D eigenvalue weighted by Gasteiger charge is 2.50. The average Bonchev–Trinajstić information content (AvgIpc) is 3.50. The van der Waals surface area contributed by atoms with Crippen LogP contribution in [0.4, 0.5) is 10.1 Å². The van der Waals surface area contributed by atoms with E-state index < -0.39 is 20.2 Å². The van der Waals surface area contributed by atoms with E-state index in [0.29, 0.717) is 29.3 Å². The molecule has 1 fully saturated rings. The molecule has 6 nitrogen and oxygen atoms in total. The van der Waals surface area contributed by atoms with Crippen LogP contribution >= 0.6 is 22.9 Å². The Labute approximate surface area is 257 Å². The van der Waals surface area contributed by atoms with Gasteiger partial charge in [0, 0.05) is 19.3 Å². The predicted octanol–water partition coefficient (Wildman–Crippen LogP) is 6.10. The van der Waals surface area contributed by atoms with E-state index >= 15 is 4.39 Å². The maximum Gasteiger partial charge on any atom is 0.261 e. The standard InChI is InChI=1S/C32H37ClFN3O3SSi/c1-21-17-37(18-22(2)40-21)30-25(36-29(28(34)27(30)33)31(38)26-16-35-20-41-26)19-39-42(32(3,4)5,23-12-8-6-9-13-23)24-14-10-7-11-15-24/h6-16,20-22,31,38H,17-19H2,1-5H3/t21-,22+,31?. The Morgan fingerprint density at radius 2 is 1.64 bits per heavy atom. The van der Waals surface area contributed by atoms with Crippen LogP contribution in [0.1, 0.15) is 57.0 Å². The van der Waals surface area contributed by atoms with Gasteiger partial charge in [0.1, 0.15) is 16.8 Å². The van der Waals surface area contributed by atoms with Crippen molar-refractivity contribution in [3.05, 3.63) is 99.5 Å². The van der Waals surface area contributed by atoms with Crippen molar-refractivity contribution < 1.29 is 18.7 Å². The first-order valence-corrected chi connectivity index (χ1v) is 17.3. The van der Waals surface area contributed by atoms with Crippen LogP contribution in [0, 0.1) is 5.82 Å². The number of morpholine rings is 1. The molecule has 0 spiro atoms. The van der Waals surface area contributed by atoms with Crippen LogP contribution in [0.5, 0.6) is 0 Å². The summed E-state index contributed by atoms with van der Waals surface area (Å²) in [5, 5.41) is 13.0. The summed E-state index contributed by atoms with van der Waals surface area (Å²) in [6.07, 6.45) is 0.0436. The van der Waals surface area contributed by atoms with Gasteiger partial charge in [-0.1, -0.05) is 93.0 Å². The van der Waals surface area contributed by atoms with Crippen LogP contribution in [0.3, 0.4) is 0 Å². The first-order chi connectivity index (χ1) is 20.0. The number of anilines is 1. The number of aromatic nitrogens is 2. The molecule has 5 rings (SSSR count). The minimum Gasteiger partial charge on any atom is -0.401 e. The molecule has 2 aromatic heterocycles. The van der Waals surface area contributed by atoms with E-state index in [0.717, 1.165) is 10.4 Å². The number of rotatable bonds is 8. The van der Waals surface area contributed by atoms with Crippen molar-refractivity contribution in [3.8, 4) is 0 Å². The molecule has 0 aliphatic carbocycles. The van der Waals surface area contributed by atoms with Crippen molar-refractivity contribution in [1.29, 1.82) is 0 Å². The van der Waals surface area contributed by atoms with Gasteiger partial charge in [-0.25, -0.2) is 9.37 Å². The van der Waals surface area contributed by atoms with Crippen molar-refractivity contribution >= 4 is 47.3 Å². The number of nitrogens with zero attached hydrogens (tertiary/aromatic N) is 3. The minimum absolute atomic E-state index is 0.0745. The van der Waals surface area contributed by atoms with Gasteiger partial charge < -0.3 is 19.2 Å². The summed E-state index contributed by atoms with van der Waals surface area (Å²) in [6, 6.07) is 20.7. The molecular weight excluding hydrogens is 589 g/mol. The molecule has 0 amide bonds. The Morgan fingerprint density at radius 3 is 2.14 bits per heavy atom. The molecule has 1 N–H and O–H groups in total. The molecule has 3 atom stereocenters. The SMILES string of the molecule is C[C@@H]1CN(c2c(CO[Si](c3ccccc3)(c3ccccc3)C(C)(C)C)nc(C(O)c3cncs3)c(F)c2Cl)C[C@H](C)O1. The van der Waals surface area contributed by atoms with E-state index in [1.54, 1.807) is 5.51 Å². The van der Waals surface area contributed by atoms with Crippen LogP contribution in [-0.2, 0) is 15.8 Å². The monoisotopic (exact) mass is 625 g/mol. The Morgan fingerprint density at radius 1 is 1.07 bits per heavy atom. The summed E-state index contributed by atoms with van der Waals surface area (Å²) in [5.74, 6) is -0.742. The second kappa shape index (κ2) is 12.5. The zero-order chi connectivity index (χ0) is 30.1. The Hall–Kier alpha value is -2.66. The maximum atomic E-state index is 16.0. The number of aliphatic hydroxyl groups is 1. The average molecular weight is 626 g/mol. The molecule has 0 radical (unpaired) electrons. The molecule has 0 bridgehead atoms. The van der Waals surface area contributed by atoms with Gasteiger partial charge in [-0.15, -0.1) is 11.3 Å².